The lowest BCUT2D eigenvalue weighted by atomic mass is 10.1. The molecular weight excluding hydrogens is 240 g/mol. The highest BCUT2D eigenvalue weighted by Gasteiger charge is 2.36. The Morgan fingerprint density at radius 1 is 1.47 bits per heavy atom. The Morgan fingerprint density at radius 3 is 3.11 bits per heavy atom. The summed E-state index contributed by atoms with van der Waals surface area (Å²) in [6, 6.07) is 2.49. The summed E-state index contributed by atoms with van der Waals surface area (Å²) in [6.07, 6.45) is 5.61. The number of hydrogen-bond acceptors (Lipinski definition) is 4. The first-order valence-electron chi connectivity index (χ1n) is 6.91. The third-order valence-corrected chi connectivity index (χ3v) is 4.28. The molecule has 2 unspecified atom stereocenters. The van der Waals surface area contributed by atoms with E-state index in [9.17, 15) is 4.79 Å². The van der Waals surface area contributed by atoms with E-state index in [0.717, 1.165) is 13.1 Å². The molecular formula is C14H20N4O. The van der Waals surface area contributed by atoms with Crippen molar-refractivity contribution in [2.45, 2.75) is 31.8 Å². The first-order chi connectivity index (χ1) is 9.16. The van der Waals surface area contributed by atoms with Crippen LogP contribution in [0.4, 0.5) is 5.69 Å². The van der Waals surface area contributed by atoms with E-state index in [1.165, 1.54) is 19.4 Å². The molecule has 3 heterocycles. The number of fused-ring (bicyclic) bond motifs is 1. The highest BCUT2D eigenvalue weighted by atomic mass is 16.2. The number of hydrogen-bond donors (Lipinski definition) is 1. The molecule has 0 radical (unpaired) electrons. The molecule has 0 spiro atoms. The summed E-state index contributed by atoms with van der Waals surface area (Å²) >= 11 is 0. The number of pyridine rings is 1. The van der Waals surface area contributed by atoms with Gasteiger partial charge in [0.15, 0.2) is 0 Å². The van der Waals surface area contributed by atoms with Gasteiger partial charge < -0.3 is 10.6 Å². The van der Waals surface area contributed by atoms with Crippen molar-refractivity contribution < 1.29 is 4.79 Å². The fraction of sp³-hybridized carbons (Fsp3) is 0.571. The van der Waals surface area contributed by atoms with Crippen LogP contribution in [0.15, 0.2) is 18.5 Å². The minimum absolute atomic E-state index is 0.0407. The maximum Gasteiger partial charge on any atom is 0.256 e. The second-order valence-corrected chi connectivity index (χ2v) is 5.56. The zero-order valence-electron chi connectivity index (χ0n) is 11.2. The predicted octanol–water partition coefficient (Wildman–Crippen LogP) is 0.972. The molecule has 0 aliphatic carbocycles. The lowest BCUT2D eigenvalue weighted by Crippen LogP contribution is -2.56. The SMILES string of the molecule is CC1CN2CCCC2CN1C(=O)c1ccncc1N. The molecule has 1 amide bonds. The topological polar surface area (TPSA) is 62.5 Å². The fourth-order valence-electron chi connectivity index (χ4n) is 3.23. The molecule has 5 heteroatoms. The van der Waals surface area contributed by atoms with Gasteiger partial charge in [-0.1, -0.05) is 0 Å². The van der Waals surface area contributed by atoms with Crippen LogP contribution in [0.2, 0.25) is 0 Å². The summed E-state index contributed by atoms with van der Waals surface area (Å²) < 4.78 is 0. The third kappa shape index (κ3) is 2.18. The minimum Gasteiger partial charge on any atom is -0.397 e. The van der Waals surface area contributed by atoms with Gasteiger partial charge in [0.05, 0.1) is 17.4 Å². The van der Waals surface area contributed by atoms with Gasteiger partial charge in [0.1, 0.15) is 0 Å². The van der Waals surface area contributed by atoms with Gasteiger partial charge in [0.25, 0.3) is 5.91 Å². The molecule has 102 valence electrons. The van der Waals surface area contributed by atoms with Crippen LogP contribution in [0.1, 0.15) is 30.1 Å². The standard InChI is InChI=1S/C14H20N4O/c1-10-8-17-6-2-3-11(17)9-18(10)14(19)12-4-5-16-7-13(12)15/h4-5,7,10-11H,2-3,6,8-9,15H2,1H3. The van der Waals surface area contributed by atoms with Gasteiger partial charge >= 0.3 is 0 Å². The normalized spacial score (nSPS) is 27.3. The van der Waals surface area contributed by atoms with Crippen molar-refractivity contribution in [3.05, 3.63) is 24.0 Å². The van der Waals surface area contributed by atoms with Crippen LogP contribution >= 0.6 is 0 Å². The zero-order valence-corrected chi connectivity index (χ0v) is 11.2. The monoisotopic (exact) mass is 260 g/mol. The van der Waals surface area contributed by atoms with Crippen LogP contribution in [0.3, 0.4) is 0 Å². The Kier molecular flexibility index (Phi) is 3.14. The first kappa shape index (κ1) is 12.4. The highest BCUT2D eigenvalue weighted by molar-refractivity contribution is 5.99. The maximum atomic E-state index is 12.6. The summed E-state index contributed by atoms with van der Waals surface area (Å²) in [4.78, 5) is 21.0. The van der Waals surface area contributed by atoms with E-state index >= 15 is 0 Å². The number of anilines is 1. The molecule has 2 fully saturated rings. The third-order valence-electron chi connectivity index (χ3n) is 4.28. The first-order valence-corrected chi connectivity index (χ1v) is 6.91. The van der Waals surface area contributed by atoms with Gasteiger partial charge in [0.2, 0.25) is 0 Å². The molecule has 5 nitrogen and oxygen atoms in total. The van der Waals surface area contributed by atoms with Gasteiger partial charge in [-0.05, 0) is 32.4 Å². The average Bonchev–Trinajstić information content (AvgIpc) is 2.84. The van der Waals surface area contributed by atoms with Gasteiger partial charge in [-0.3, -0.25) is 14.7 Å². The van der Waals surface area contributed by atoms with E-state index in [1.807, 2.05) is 4.90 Å². The lowest BCUT2D eigenvalue weighted by molar-refractivity contribution is 0.0396. The largest absolute Gasteiger partial charge is 0.397 e. The second-order valence-electron chi connectivity index (χ2n) is 5.56. The zero-order chi connectivity index (χ0) is 13.4. The molecule has 3 rings (SSSR count). The molecule has 0 saturated carbocycles. The van der Waals surface area contributed by atoms with Gasteiger partial charge in [0, 0.05) is 31.4 Å². The molecule has 2 saturated heterocycles. The van der Waals surface area contributed by atoms with Crippen molar-refractivity contribution in [1.82, 2.24) is 14.8 Å². The molecule has 2 aliphatic rings. The highest BCUT2D eigenvalue weighted by Crippen LogP contribution is 2.26. The minimum atomic E-state index is 0.0407. The molecule has 1 aromatic rings. The van der Waals surface area contributed by atoms with E-state index in [0.29, 0.717) is 17.3 Å². The van der Waals surface area contributed by atoms with Crippen LogP contribution in [-0.4, -0.2) is 52.4 Å². The fourth-order valence-corrected chi connectivity index (χ4v) is 3.23. The Bertz CT molecular complexity index is 490. The summed E-state index contributed by atoms with van der Waals surface area (Å²) in [5.41, 5.74) is 6.90. The Hall–Kier alpha value is -1.62. The van der Waals surface area contributed by atoms with Gasteiger partial charge in [-0.15, -0.1) is 0 Å². The molecule has 1 aromatic heterocycles. The van der Waals surface area contributed by atoms with E-state index in [-0.39, 0.29) is 11.9 Å². The molecule has 0 aromatic carbocycles. The van der Waals surface area contributed by atoms with Crippen molar-refractivity contribution in [3.8, 4) is 0 Å². The molecule has 2 atom stereocenters. The Balaban J connectivity index is 1.81. The van der Waals surface area contributed by atoms with Crippen LogP contribution in [0.5, 0.6) is 0 Å². The average molecular weight is 260 g/mol. The quantitative estimate of drug-likeness (QED) is 0.817. The second kappa shape index (κ2) is 4.81. The van der Waals surface area contributed by atoms with Crippen LogP contribution in [0.25, 0.3) is 0 Å². The number of piperazine rings is 1. The number of nitrogen functional groups attached to an aromatic ring is 1. The number of carbonyl (C=O) groups is 1. The van der Waals surface area contributed by atoms with Gasteiger partial charge in [-0.25, -0.2) is 0 Å². The van der Waals surface area contributed by atoms with Gasteiger partial charge in [-0.2, -0.15) is 0 Å². The van der Waals surface area contributed by atoms with Crippen molar-refractivity contribution in [3.63, 3.8) is 0 Å². The van der Waals surface area contributed by atoms with Crippen molar-refractivity contribution in [2.24, 2.45) is 0 Å². The lowest BCUT2D eigenvalue weighted by Gasteiger charge is -2.42. The molecule has 2 N–H and O–H groups in total. The molecule has 2 aliphatic heterocycles. The summed E-state index contributed by atoms with van der Waals surface area (Å²) in [6.45, 7) is 5.08. The summed E-state index contributed by atoms with van der Waals surface area (Å²) in [5, 5.41) is 0. The molecule has 0 bridgehead atoms. The smallest absolute Gasteiger partial charge is 0.256 e. The summed E-state index contributed by atoms with van der Waals surface area (Å²) in [5.74, 6) is 0.0407. The number of carbonyl (C=O) groups excluding carboxylic acids is 1. The van der Waals surface area contributed by atoms with Crippen LogP contribution < -0.4 is 5.73 Å². The molecule has 19 heavy (non-hydrogen) atoms. The number of amides is 1. The van der Waals surface area contributed by atoms with E-state index in [1.54, 1.807) is 18.5 Å². The van der Waals surface area contributed by atoms with E-state index in [2.05, 4.69) is 16.8 Å². The van der Waals surface area contributed by atoms with Crippen LogP contribution in [0, 0.1) is 0 Å². The number of nitrogens with zero attached hydrogens (tertiary/aromatic N) is 3. The maximum absolute atomic E-state index is 12.6. The Labute approximate surface area is 113 Å². The number of aromatic nitrogens is 1. The van der Waals surface area contributed by atoms with Crippen LogP contribution in [-0.2, 0) is 0 Å². The van der Waals surface area contributed by atoms with E-state index in [4.69, 9.17) is 5.73 Å². The summed E-state index contributed by atoms with van der Waals surface area (Å²) in [7, 11) is 0. The predicted molar refractivity (Wildman–Crippen MR) is 73.7 cm³/mol. The van der Waals surface area contributed by atoms with Crippen molar-refractivity contribution in [1.29, 1.82) is 0 Å². The Morgan fingerprint density at radius 2 is 2.32 bits per heavy atom. The number of rotatable bonds is 1. The number of nitrogens with two attached hydrogens (primary N) is 1. The van der Waals surface area contributed by atoms with Crippen molar-refractivity contribution in [2.75, 3.05) is 25.4 Å². The van der Waals surface area contributed by atoms with E-state index < -0.39 is 0 Å². The van der Waals surface area contributed by atoms with Crippen molar-refractivity contribution >= 4 is 11.6 Å².